The van der Waals surface area contributed by atoms with Gasteiger partial charge in [0.15, 0.2) is 0 Å². The summed E-state index contributed by atoms with van der Waals surface area (Å²) in [5, 5.41) is 11.6. The molecule has 2 fully saturated rings. The zero-order valence-corrected chi connectivity index (χ0v) is 14.0. The summed E-state index contributed by atoms with van der Waals surface area (Å²) in [6, 6.07) is 0. The van der Waals surface area contributed by atoms with E-state index in [9.17, 15) is 5.11 Å². The summed E-state index contributed by atoms with van der Waals surface area (Å²) in [6.07, 6.45) is 4.62. The average molecular weight is 267 g/mol. The summed E-state index contributed by atoms with van der Waals surface area (Å²) in [6.45, 7) is 12.6. The van der Waals surface area contributed by atoms with Crippen molar-refractivity contribution in [3.8, 4) is 0 Å². The van der Waals surface area contributed by atoms with Gasteiger partial charge in [-0.1, -0.05) is 34.6 Å². The van der Waals surface area contributed by atoms with Crippen molar-refractivity contribution < 1.29 is 5.11 Å². The molecule has 2 rings (SSSR count). The second-order valence-electron chi connectivity index (χ2n) is 8.91. The lowest BCUT2D eigenvalue weighted by Gasteiger charge is -2.54. The largest absolute Gasteiger partial charge is 0.389 e. The molecule has 0 saturated heterocycles. The van der Waals surface area contributed by atoms with Crippen molar-refractivity contribution in [2.45, 2.75) is 65.9 Å². The molecule has 0 aromatic carbocycles. The van der Waals surface area contributed by atoms with Gasteiger partial charge in [0, 0.05) is 5.41 Å². The van der Waals surface area contributed by atoms with Gasteiger partial charge in [-0.25, -0.2) is 0 Å². The van der Waals surface area contributed by atoms with Gasteiger partial charge < -0.3 is 10.0 Å². The first-order valence-electron chi connectivity index (χ1n) is 7.85. The van der Waals surface area contributed by atoms with Crippen LogP contribution in [0.25, 0.3) is 0 Å². The van der Waals surface area contributed by atoms with Crippen molar-refractivity contribution in [2.24, 2.45) is 22.2 Å². The zero-order valence-electron chi connectivity index (χ0n) is 14.0. The third-order valence-electron chi connectivity index (χ3n) is 6.73. The maximum Gasteiger partial charge on any atom is 0.0760 e. The molecule has 2 saturated carbocycles. The predicted molar refractivity (Wildman–Crippen MR) is 81.1 cm³/mol. The molecule has 0 spiro atoms. The van der Waals surface area contributed by atoms with Gasteiger partial charge in [-0.3, -0.25) is 0 Å². The van der Waals surface area contributed by atoms with Crippen LogP contribution in [0, 0.1) is 22.2 Å². The van der Waals surface area contributed by atoms with Crippen LogP contribution < -0.4 is 0 Å². The van der Waals surface area contributed by atoms with Gasteiger partial charge in [0.1, 0.15) is 0 Å². The summed E-state index contributed by atoms with van der Waals surface area (Å²) in [5.41, 5.74) is -0.188. The molecule has 1 N–H and O–H groups in total. The van der Waals surface area contributed by atoms with Crippen LogP contribution in [0.3, 0.4) is 0 Å². The van der Waals surface area contributed by atoms with Crippen LogP contribution in [0.2, 0.25) is 0 Å². The Morgan fingerprint density at radius 1 is 1.21 bits per heavy atom. The van der Waals surface area contributed by atoms with Crippen LogP contribution in [0.5, 0.6) is 0 Å². The lowest BCUT2D eigenvalue weighted by molar-refractivity contribution is -0.170. The number of nitrogens with zero attached hydrogens (tertiary/aromatic N) is 1. The van der Waals surface area contributed by atoms with E-state index in [-0.39, 0.29) is 16.2 Å². The highest BCUT2D eigenvalue weighted by Crippen LogP contribution is 2.74. The number of fused-ring (bicyclic) bond motifs is 2. The summed E-state index contributed by atoms with van der Waals surface area (Å²) < 4.78 is 0. The molecule has 2 aliphatic rings. The Labute approximate surface area is 119 Å². The quantitative estimate of drug-likeness (QED) is 0.845. The molecule has 0 heterocycles. The Morgan fingerprint density at radius 2 is 1.79 bits per heavy atom. The van der Waals surface area contributed by atoms with Crippen LogP contribution in [-0.2, 0) is 0 Å². The van der Waals surface area contributed by atoms with E-state index in [0.717, 1.165) is 19.4 Å². The van der Waals surface area contributed by atoms with Crippen LogP contribution in [0.15, 0.2) is 0 Å². The van der Waals surface area contributed by atoms with Gasteiger partial charge in [-0.2, -0.15) is 0 Å². The van der Waals surface area contributed by atoms with Crippen LogP contribution in [-0.4, -0.2) is 36.2 Å². The Balaban J connectivity index is 2.42. The van der Waals surface area contributed by atoms with Gasteiger partial charge in [-0.05, 0) is 63.1 Å². The zero-order chi connectivity index (χ0) is 14.7. The van der Waals surface area contributed by atoms with Gasteiger partial charge in [0.05, 0.1) is 5.60 Å². The molecule has 3 atom stereocenters. The summed E-state index contributed by atoms with van der Waals surface area (Å²) >= 11 is 0. The van der Waals surface area contributed by atoms with E-state index in [1.165, 1.54) is 12.8 Å². The maximum atomic E-state index is 11.6. The topological polar surface area (TPSA) is 23.5 Å². The van der Waals surface area contributed by atoms with Gasteiger partial charge >= 0.3 is 0 Å². The maximum absolute atomic E-state index is 11.6. The molecule has 2 bridgehead atoms. The molecule has 2 aliphatic carbocycles. The molecular weight excluding hydrogens is 234 g/mol. The third-order valence-corrected chi connectivity index (χ3v) is 6.73. The van der Waals surface area contributed by atoms with E-state index in [4.69, 9.17) is 0 Å². The smallest absolute Gasteiger partial charge is 0.0760 e. The van der Waals surface area contributed by atoms with Crippen molar-refractivity contribution in [3.05, 3.63) is 0 Å². The second kappa shape index (κ2) is 4.21. The highest BCUT2D eigenvalue weighted by molar-refractivity contribution is 5.22. The molecular formula is C17H33NO. The number of hydrogen-bond donors (Lipinski definition) is 1. The van der Waals surface area contributed by atoms with Crippen molar-refractivity contribution in [2.75, 3.05) is 20.6 Å². The molecule has 0 amide bonds. The van der Waals surface area contributed by atoms with E-state index >= 15 is 0 Å². The Hall–Kier alpha value is -0.0800. The van der Waals surface area contributed by atoms with Crippen molar-refractivity contribution >= 4 is 0 Å². The Kier molecular flexibility index (Phi) is 3.39. The van der Waals surface area contributed by atoms with Gasteiger partial charge in [0.25, 0.3) is 0 Å². The van der Waals surface area contributed by atoms with Crippen LogP contribution in [0.1, 0.15) is 60.3 Å². The van der Waals surface area contributed by atoms with Crippen molar-refractivity contribution in [1.29, 1.82) is 0 Å². The normalized spacial score (nSPS) is 41.2. The van der Waals surface area contributed by atoms with Crippen molar-refractivity contribution in [1.82, 2.24) is 4.90 Å². The molecule has 2 heteroatoms. The van der Waals surface area contributed by atoms with Gasteiger partial charge in [-0.15, -0.1) is 0 Å². The number of aliphatic hydroxyl groups is 1. The lowest BCUT2D eigenvalue weighted by Crippen LogP contribution is -2.57. The summed E-state index contributed by atoms with van der Waals surface area (Å²) in [5.74, 6) is 0.693. The van der Waals surface area contributed by atoms with E-state index < -0.39 is 5.60 Å². The SMILES string of the molecule is CN(C)CC[C@]12CC[C@H](C[C@]1(O)C(C)(C)C)C2(C)C. The van der Waals surface area contributed by atoms with E-state index in [0.29, 0.717) is 5.92 Å². The predicted octanol–water partition coefficient (Wildman–Crippen LogP) is 3.54. The van der Waals surface area contributed by atoms with E-state index in [1.807, 2.05) is 0 Å². The molecule has 0 aliphatic heterocycles. The lowest BCUT2D eigenvalue weighted by atomic mass is 9.54. The van der Waals surface area contributed by atoms with E-state index in [2.05, 4.69) is 53.6 Å². The van der Waals surface area contributed by atoms with E-state index in [1.54, 1.807) is 0 Å². The minimum absolute atomic E-state index is 0.0360. The van der Waals surface area contributed by atoms with Crippen molar-refractivity contribution in [3.63, 3.8) is 0 Å². The molecule has 0 radical (unpaired) electrons. The highest BCUT2D eigenvalue weighted by atomic mass is 16.3. The second-order valence-corrected chi connectivity index (χ2v) is 8.91. The standard InChI is InChI=1S/C17H33NO/c1-14(2,3)17(19)12-13-8-9-16(17,15(13,4)5)10-11-18(6)7/h13,19H,8-12H2,1-7H3/t13-,16+,17+/m1/s1. The highest BCUT2D eigenvalue weighted by Gasteiger charge is 2.72. The summed E-state index contributed by atoms with van der Waals surface area (Å²) in [4.78, 5) is 2.26. The number of rotatable bonds is 3. The molecule has 2 nitrogen and oxygen atoms in total. The fourth-order valence-corrected chi connectivity index (χ4v) is 5.24. The Bertz CT molecular complexity index is 355. The number of hydrogen-bond acceptors (Lipinski definition) is 2. The van der Waals surface area contributed by atoms with Gasteiger partial charge in [0.2, 0.25) is 0 Å². The molecule has 112 valence electrons. The van der Waals surface area contributed by atoms with Crippen LogP contribution in [0.4, 0.5) is 0 Å². The average Bonchev–Trinajstić information content (AvgIpc) is 2.57. The summed E-state index contributed by atoms with van der Waals surface area (Å²) in [7, 11) is 4.28. The molecule has 0 aromatic heterocycles. The Morgan fingerprint density at radius 3 is 2.21 bits per heavy atom. The first kappa shape index (κ1) is 15.3. The first-order chi connectivity index (χ1) is 8.48. The molecule has 19 heavy (non-hydrogen) atoms. The minimum atomic E-state index is -0.511. The first-order valence-corrected chi connectivity index (χ1v) is 7.85. The fourth-order valence-electron chi connectivity index (χ4n) is 5.24. The monoisotopic (exact) mass is 267 g/mol. The minimum Gasteiger partial charge on any atom is -0.389 e. The molecule has 0 aromatic rings. The third kappa shape index (κ3) is 1.82. The molecule has 0 unspecified atom stereocenters. The van der Waals surface area contributed by atoms with Crippen LogP contribution >= 0.6 is 0 Å². The fraction of sp³-hybridized carbons (Fsp3) is 1.00.